The van der Waals surface area contributed by atoms with Gasteiger partial charge in [0.15, 0.2) is 28.3 Å². The Hall–Kier alpha value is -3.65. The molecule has 4 rings (SSSR count). The second-order valence-electron chi connectivity index (χ2n) is 6.77. The molecule has 0 atom stereocenters. The van der Waals surface area contributed by atoms with E-state index in [9.17, 15) is 9.18 Å². The summed E-state index contributed by atoms with van der Waals surface area (Å²) in [5.41, 5.74) is 2.10. The molecular weight excluding hydrogens is 429 g/mol. The zero-order chi connectivity index (χ0) is 22.5. The van der Waals surface area contributed by atoms with Gasteiger partial charge >= 0.3 is 0 Å². The number of halogens is 1. The highest BCUT2D eigenvalue weighted by molar-refractivity contribution is 7.99. The third-order valence-corrected chi connectivity index (χ3v) is 5.72. The van der Waals surface area contributed by atoms with Crippen molar-refractivity contribution in [1.29, 1.82) is 0 Å². The molecule has 4 aromatic rings. The molecule has 0 saturated heterocycles. The number of nitrogens with zero attached hydrogens (tertiary/aromatic N) is 3. The molecule has 0 N–H and O–H groups in total. The maximum Gasteiger partial charge on any atom is 0.196 e. The molecule has 0 aliphatic carbocycles. The van der Waals surface area contributed by atoms with Crippen LogP contribution in [0.1, 0.15) is 10.4 Å². The second-order valence-corrected chi connectivity index (χ2v) is 7.71. The molecule has 0 unspecified atom stereocenters. The number of carbonyl (C=O) groups excluding carboxylic acids is 1. The summed E-state index contributed by atoms with van der Waals surface area (Å²) in [5, 5.41) is 9.30. The Morgan fingerprint density at radius 3 is 2.34 bits per heavy atom. The van der Waals surface area contributed by atoms with Crippen molar-refractivity contribution >= 4 is 17.5 Å². The summed E-state index contributed by atoms with van der Waals surface area (Å²) >= 11 is 1.27. The summed E-state index contributed by atoms with van der Waals surface area (Å²) in [6.45, 7) is 0. The number of hydrogen-bond donors (Lipinski definition) is 0. The van der Waals surface area contributed by atoms with Crippen LogP contribution < -0.4 is 9.47 Å². The highest BCUT2D eigenvalue weighted by atomic mass is 32.2. The summed E-state index contributed by atoms with van der Waals surface area (Å²) in [5.74, 6) is 1.44. The van der Waals surface area contributed by atoms with Gasteiger partial charge < -0.3 is 9.47 Å². The predicted molar refractivity (Wildman–Crippen MR) is 121 cm³/mol. The van der Waals surface area contributed by atoms with Crippen LogP contribution in [-0.2, 0) is 0 Å². The van der Waals surface area contributed by atoms with Crippen LogP contribution in [0.5, 0.6) is 11.5 Å². The van der Waals surface area contributed by atoms with E-state index in [2.05, 4.69) is 10.2 Å². The van der Waals surface area contributed by atoms with Crippen LogP contribution in [0.4, 0.5) is 4.39 Å². The lowest BCUT2D eigenvalue weighted by Gasteiger charge is -2.12. The molecule has 0 bridgehead atoms. The molecule has 0 aliphatic rings. The SMILES string of the molecule is COc1ccc(-c2nnc(SCC(=O)c3ccc(F)cc3)n2-c2ccccc2)cc1OC. The Kier molecular flexibility index (Phi) is 6.51. The molecule has 6 nitrogen and oxygen atoms in total. The summed E-state index contributed by atoms with van der Waals surface area (Å²) in [7, 11) is 3.16. The minimum Gasteiger partial charge on any atom is -0.493 e. The molecule has 1 heterocycles. The van der Waals surface area contributed by atoms with Gasteiger partial charge in [0.05, 0.1) is 20.0 Å². The fraction of sp³-hybridized carbons (Fsp3) is 0.125. The van der Waals surface area contributed by atoms with E-state index < -0.39 is 0 Å². The molecule has 3 aromatic carbocycles. The normalized spacial score (nSPS) is 10.7. The highest BCUT2D eigenvalue weighted by Gasteiger charge is 2.19. The van der Waals surface area contributed by atoms with E-state index in [0.717, 1.165) is 11.3 Å². The topological polar surface area (TPSA) is 66.2 Å². The molecule has 162 valence electrons. The van der Waals surface area contributed by atoms with E-state index in [4.69, 9.17) is 9.47 Å². The molecule has 0 saturated carbocycles. The Bertz CT molecular complexity index is 1230. The van der Waals surface area contributed by atoms with Crippen LogP contribution in [0.2, 0.25) is 0 Å². The number of ketones is 1. The first-order valence-corrected chi connectivity index (χ1v) is 10.7. The predicted octanol–water partition coefficient (Wildman–Crippen LogP) is 5.07. The van der Waals surface area contributed by atoms with Crippen molar-refractivity contribution in [2.75, 3.05) is 20.0 Å². The van der Waals surface area contributed by atoms with Crippen LogP contribution >= 0.6 is 11.8 Å². The van der Waals surface area contributed by atoms with Crippen LogP contribution in [-0.4, -0.2) is 40.5 Å². The lowest BCUT2D eigenvalue weighted by atomic mass is 10.1. The van der Waals surface area contributed by atoms with Gasteiger partial charge in [0.1, 0.15) is 5.82 Å². The van der Waals surface area contributed by atoms with Gasteiger partial charge in [-0.25, -0.2) is 4.39 Å². The lowest BCUT2D eigenvalue weighted by Crippen LogP contribution is -2.05. The quantitative estimate of drug-likeness (QED) is 0.277. The minimum absolute atomic E-state index is 0.120. The zero-order valence-electron chi connectivity index (χ0n) is 17.5. The minimum atomic E-state index is -0.377. The summed E-state index contributed by atoms with van der Waals surface area (Å²) in [4.78, 5) is 12.6. The van der Waals surface area contributed by atoms with E-state index in [0.29, 0.717) is 28.0 Å². The average Bonchev–Trinajstić information content (AvgIpc) is 3.27. The Morgan fingerprint density at radius 1 is 0.938 bits per heavy atom. The fourth-order valence-corrected chi connectivity index (χ4v) is 4.03. The van der Waals surface area contributed by atoms with Gasteiger partial charge in [0, 0.05) is 16.8 Å². The maximum absolute atomic E-state index is 13.2. The van der Waals surface area contributed by atoms with Crippen molar-refractivity contribution in [3.8, 4) is 28.6 Å². The van der Waals surface area contributed by atoms with Gasteiger partial charge in [0.25, 0.3) is 0 Å². The van der Waals surface area contributed by atoms with Gasteiger partial charge in [-0.3, -0.25) is 9.36 Å². The monoisotopic (exact) mass is 449 g/mol. The second kappa shape index (κ2) is 9.65. The number of hydrogen-bond acceptors (Lipinski definition) is 6. The number of ether oxygens (including phenoxy) is 2. The molecular formula is C24H20FN3O3S. The highest BCUT2D eigenvalue weighted by Crippen LogP contribution is 2.34. The Morgan fingerprint density at radius 2 is 1.66 bits per heavy atom. The number of carbonyl (C=O) groups is 1. The molecule has 0 amide bonds. The van der Waals surface area contributed by atoms with Crippen LogP contribution in [0.3, 0.4) is 0 Å². The van der Waals surface area contributed by atoms with Crippen molar-refractivity contribution in [2.45, 2.75) is 5.16 Å². The van der Waals surface area contributed by atoms with Gasteiger partial charge in [-0.05, 0) is 54.6 Å². The van der Waals surface area contributed by atoms with Gasteiger partial charge in [-0.15, -0.1) is 10.2 Å². The van der Waals surface area contributed by atoms with Crippen molar-refractivity contribution in [3.05, 3.63) is 84.2 Å². The smallest absolute Gasteiger partial charge is 0.196 e. The zero-order valence-corrected chi connectivity index (χ0v) is 18.3. The molecule has 0 spiro atoms. The number of Topliss-reactive ketones (excluding diaryl/α,β-unsaturated/α-hetero) is 1. The van der Waals surface area contributed by atoms with Crippen LogP contribution in [0, 0.1) is 5.82 Å². The molecule has 1 aromatic heterocycles. The van der Waals surface area contributed by atoms with Crippen molar-refractivity contribution in [1.82, 2.24) is 14.8 Å². The van der Waals surface area contributed by atoms with Crippen molar-refractivity contribution in [2.24, 2.45) is 0 Å². The summed E-state index contributed by atoms with van der Waals surface area (Å²) in [6, 6.07) is 20.7. The number of para-hydroxylation sites is 1. The third-order valence-electron chi connectivity index (χ3n) is 4.79. The summed E-state index contributed by atoms with van der Waals surface area (Å²) < 4.78 is 25.8. The van der Waals surface area contributed by atoms with Crippen molar-refractivity contribution in [3.63, 3.8) is 0 Å². The average molecular weight is 450 g/mol. The molecule has 0 aliphatic heterocycles. The summed E-state index contributed by atoms with van der Waals surface area (Å²) in [6.07, 6.45) is 0. The van der Waals surface area contributed by atoms with Crippen molar-refractivity contribution < 1.29 is 18.7 Å². The number of aromatic nitrogens is 3. The van der Waals surface area contributed by atoms with E-state index in [1.54, 1.807) is 14.2 Å². The fourth-order valence-electron chi connectivity index (χ4n) is 3.18. The first-order chi connectivity index (χ1) is 15.6. The molecule has 32 heavy (non-hydrogen) atoms. The van der Waals surface area contributed by atoms with Gasteiger partial charge in [-0.2, -0.15) is 0 Å². The Labute approximate surface area is 189 Å². The maximum atomic E-state index is 13.2. The number of benzene rings is 3. The number of thioether (sulfide) groups is 1. The largest absolute Gasteiger partial charge is 0.493 e. The van der Waals surface area contributed by atoms with Gasteiger partial charge in [-0.1, -0.05) is 30.0 Å². The first-order valence-electron chi connectivity index (χ1n) is 9.75. The third kappa shape index (κ3) is 4.50. The van der Waals surface area contributed by atoms with Crippen LogP contribution in [0.15, 0.2) is 78.0 Å². The number of rotatable bonds is 8. The van der Waals surface area contributed by atoms with E-state index in [1.807, 2.05) is 53.1 Å². The van der Waals surface area contributed by atoms with E-state index >= 15 is 0 Å². The lowest BCUT2D eigenvalue weighted by molar-refractivity contribution is 0.102. The molecule has 0 fully saturated rings. The van der Waals surface area contributed by atoms with Crippen LogP contribution in [0.25, 0.3) is 17.1 Å². The first kappa shape index (κ1) is 21.6. The standard InChI is InChI=1S/C24H20FN3O3S/c1-30-21-13-10-17(14-22(21)31-2)23-26-27-24(28(23)19-6-4-3-5-7-19)32-15-20(29)16-8-11-18(25)12-9-16/h3-14H,15H2,1-2H3. The number of methoxy groups -OCH3 is 2. The molecule has 8 heteroatoms. The van der Waals surface area contributed by atoms with E-state index in [1.165, 1.54) is 36.0 Å². The Balaban J connectivity index is 1.69. The van der Waals surface area contributed by atoms with Gasteiger partial charge in [0.2, 0.25) is 0 Å². The van der Waals surface area contributed by atoms with E-state index in [-0.39, 0.29) is 17.4 Å². The molecule has 0 radical (unpaired) electrons.